The first-order valence-corrected chi connectivity index (χ1v) is 8.70. The van der Waals surface area contributed by atoms with E-state index in [9.17, 15) is 0 Å². The molecule has 0 bridgehead atoms. The number of rotatable bonds is 6. The maximum Gasteiger partial charge on any atom is 0.154 e. The van der Waals surface area contributed by atoms with Crippen LogP contribution in [0.3, 0.4) is 0 Å². The summed E-state index contributed by atoms with van der Waals surface area (Å²) in [7, 11) is 0. The molecule has 1 heterocycles. The molecule has 3 N–H and O–H groups in total. The Hall–Kier alpha value is -0.460. The van der Waals surface area contributed by atoms with E-state index in [1.807, 2.05) is 24.3 Å². The Labute approximate surface area is 148 Å². The fraction of sp³-hybridized carbons (Fsp3) is 0.533. The zero-order valence-electron chi connectivity index (χ0n) is 12.6. The molecular formula is C15H24Cl2N4S. The first kappa shape index (κ1) is 19.6. The second-order valence-electron chi connectivity index (χ2n) is 5.07. The maximum atomic E-state index is 5.93. The lowest BCUT2D eigenvalue weighted by atomic mass is 10.2. The largest absolute Gasteiger partial charge is 0.379 e. The Morgan fingerprint density at radius 1 is 1.27 bits per heavy atom. The van der Waals surface area contributed by atoms with Crippen molar-refractivity contribution in [2.75, 3.05) is 38.5 Å². The molecule has 1 fully saturated rings. The minimum absolute atomic E-state index is 0. The Morgan fingerprint density at radius 2 is 1.95 bits per heavy atom. The molecule has 124 valence electrons. The van der Waals surface area contributed by atoms with Crippen molar-refractivity contribution in [3.05, 3.63) is 34.9 Å². The van der Waals surface area contributed by atoms with E-state index in [2.05, 4.69) is 15.2 Å². The first-order valence-electron chi connectivity index (χ1n) is 7.34. The number of nitrogens with two attached hydrogens (primary N) is 1. The van der Waals surface area contributed by atoms with Crippen molar-refractivity contribution < 1.29 is 0 Å². The summed E-state index contributed by atoms with van der Waals surface area (Å²) in [4.78, 5) is 6.90. The van der Waals surface area contributed by atoms with Crippen molar-refractivity contribution in [2.45, 2.75) is 13.0 Å². The molecule has 0 amide bonds. The zero-order valence-corrected chi connectivity index (χ0v) is 15.0. The molecule has 1 aliphatic heterocycles. The molecule has 0 aromatic heterocycles. The van der Waals surface area contributed by atoms with E-state index in [-0.39, 0.29) is 12.4 Å². The van der Waals surface area contributed by atoms with Gasteiger partial charge in [0, 0.05) is 37.0 Å². The van der Waals surface area contributed by atoms with Crippen LogP contribution in [-0.4, -0.2) is 48.5 Å². The van der Waals surface area contributed by atoms with Crippen LogP contribution < -0.4 is 11.1 Å². The van der Waals surface area contributed by atoms with Crippen LogP contribution in [0.1, 0.15) is 12.0 Å². The molecule has 7 heteroatoms. The molecular weight excluding hydrogens is 339 g/mol. The van der Waals surface area contributed by atoms with Crippen molar-refractivity contribution in [2.24, 2.45) is 10.7 Å². The second-order valence-corrected chi connectivity index (χ2v) is 6.63. The highest BCUT2D eigenvalue weighted by Gasteiger charge is 2.08. The average molecular weight is 363 g/mol. The van der Waals surface area contributed by atoms with Gasteiger partial charge in [-0.05, 0) is 30.7 Å². The van der Waals surface area contributed by atoms with Crippen LogP contribution in [0, 0.1) is 0 Å². The van der Waals surface area contributed by atoms with Crippen molar-refractivity contribution in [1.29, 1.82) is 0 Å². The quantitative estimate of drug-likeness (QED) is 0.464. The monoisotopic (exact) mass is 362 g/mol. The molecule has 0 saturated carbocycles. The van der Waals surface area contributed by atoms with E-state index < -0.39 is 0 Å². The number of benzene rings is 1. The third kappa shape index (κ3) is 7.70. The first-order chi connectivity index (χ1) is 10.2. The predicted octanol–water partition coefficient (Wildman–Crippen LogP) is 2.61. The van der Waals surface area contributed by atoms with Crippen molar-refractivity contribution in [1.82, 2.24) is 10.2 Å². The smallest absolute Gasteiger partial charge is 0.154 e. The van der Waals surface area contributed by atoms with Crippen LogP contribution in [0.25, 0.3) is 0 Å². The van der Waals surface area contributed by atoms with Gasteiger partial charge in [-0.3, -0.25) is 4.99 Å². The fourth-order valence-corrected chi connectivity index (χ4v) is 2.97. The summed E-state index contributed by atoms with van der Waals surface area (Å²) in [5.41, 5.74) is 7.06. The van der Waals surface area contributed by atoms with E-state index in [1.54, 1.807) is 11.8 Å². The minimum Gasteiger partial charge on any atom is -0.379 e. The molecule has 22 heavy (non-hydrogen) atoms. The van der Waals surface area contributed by atoms with Gasteiger partial charge in [0.2, 0.25) is 0 Å². The lowest BCUT2D eigenvalue weighted by Crippen LogP contribution is -2.43. The van der Waals surface area contributed by atoms with E-state index in [1.165, 1.54) is 0 Å². The van der Waals surface area contributed by atoms with E-state index in [0.717, 1.165) is 55.5 Å². The SMILES string of the molecule is Cl.NC(=NCc1ccc(Cl)cc1)SCCCN1CCNCC1. The minimum atomic E-state index is 0. The highest BCUT2D eigenvalue weighted by molar-refractivity contribution is 8.13. The van der Waals surface area contributed by atoms with Crippen molar-refractivity contribution in [3.8, 4) is 0 Å². The fourth-order valence-electron chi connectivity index (χ4n) is 2.20. The Bertz CT molecular complexity index is 447. The molecule has 4 nitrogen and oxygen atoms in total. The Kier molecular flexibility index (Phi) is 9.91. The van der Waals surface area contributed by atoms with Crippen molar-refractivity contribution in [3.63, 3.8) is 0 Å². The van der Waals surface area contributed by atoms with Gasteiger partial charge < -0.3 is 16.0 Å². The number of amidine groups is 1. The maximum absolute atomic E-state index is 5.93. The molecule has 1 aromatic rings. The molecule has 1 saturated heterocycles. The standard InChI is InChI=1S/C15H23ClN4S.ClH/c16-14-4-2-13(3-5-14)12-19-15(17)21-11-1-8-20-9-6-18-7-10-20;/h2-5,18H,1,6-12H2,(H2,17,19);1H. The summed E-state index contributed by atoms with van der Waals surface area (Å²) in [6, 6.07) is 7.72. The molecule has 2 rings (SSSR count). The van der Waals surface area contributed by atoms with Crippen LogP contribution in [0.4, 0.5) is 0 Å². The van der Waals surface area contributed by atoms with Crippen LogP contribution in [0.2, 0.25) is 5.02 Å². The number of piperazine rings is 1. The van der Waals surface area contributed by atoms with Gasteiger partial charge in [-0.2, -0.15) is 0 Å². The topological polar surface area (TPSA) is 53.6 Å². The van der Waals surface area contributed by atoms with Gasteiger partial charge in [-0.1, -0.05) is 35.5 Å². The van der Waals surface area contributed by atoms with Gasteiger partial charge in [0.25, 0.3) is 0 Å². The number of halogens is 2. The number of nitrogens with zero attached hydrogens (tertiary/aromatic N) is 2. The summed E-state index contributed by atoms with van der Waals surface area (Å²) in [5, 5.41) is 4.78. The molecule has 0 spiro atoms. The summed E-state index contributed by atoms with van der Waals surface area (Å²) in [5.74, 6) is 1.03. The highest BCUT2D eigenvalue weighted by Crippen LogP contribution is 2.11. The number of hydrogen-bond acceptors (Lipinski definition) is 4. The summed E-state index contributed by atoms with van der Waals surface area (Å²) in [6.07, 6.45) is 1.15. The summed E-state index contributed by atoms with van der Waals surface area (Å²) < 4.78 is 0. The van der Waals surface area contributed by atoms with Gasteiger partial charge >= 0.3 is 0 Å². The van der Waals surface area contributed by atoms with Crippen LogP contribution in [0.15, 0.2) is 29.3 Å². The third-order valence-electron chi connectivity index (χ3n) is 3.41. The zero-order chi connectivity index (χ0) is 14.9. The number of nitrogens with one attached hydrogen (secondary N) is 1. The van der Waals surface area contributed by atoms with Gasteiger partial charge in [0.15, 0.2) is 5.17 Å². The number of thioether (sulfide) groups is 1. The normalized spacial score (nSPS) is 16.3. The summed E-state index contributed by atoms with van der Waals surface area (Å²) >= 11 is 7.50. The predicted molar refractivity (Wildman–Crippen MR) is 100 cm³/mol. The second kappa shape index (κ2) is 11.1. The van der Waals surface area contributed by atoms with Crippen LogP contribution in [0.5, 0.6) is 0 Å². The lowest BCUT2D eigenvalue weighted by molar-refractivity contribution is 0.242. The van der Waals surface area contributed by atoms with Gasteiger partial charge in [-0.25, -0.2) is 0 Å². The molecule has 1 aliphatic rings. The summed E-state index contributed by atoms with van der Waals surface area (Å²) in [6.45, 7) is 6.30. The lowest BCUT2D eigenvalue weighted by Gasteiger charge is -2.26. The van der Waals surface area contributed by atoms with E-state index in [4.69, 9.17) is 17.3 Å². The molecule has 0 aliphatic carbocycles. The number of hydrogen-bond donors (Lipinski definition) is 2. The van der Waals surface area contributed by atoms with Gasteiger partial charge in [0.1, 0.15) is 0 Å². The van der Waals surface area contributed by atoms with Crippen molar-refractivity contribution >= 4 is 40.9 Å². The molecule has 0 unspecified atom stereocenters. The number of aliphatic imine (C=N–C) groups is 1. The molecule has 0 radical (unpaired) electrons. The van der Waals surface area contributed by atoms with Crippen LogP contribution >= 0.6 is 35.8 Å². The van der Waals surface area contributed by atoms with Crippen LogP contribution in [-0.2, 0) is 6.54 Å². The van der Waals surface area contributed by atoms with Gasteiger partial charge in [0.05, 0.1) is 6.54 Å². The highest BCUT2D eigenvalue weighted by atomic mass is 35.5. The average Bonchev–Trinajstić information content (AvgIpc) is 2.52. The Balaban J connectivity index is 0.00000242. The molecule has 1 aromatic carbocycles. The van der Waals surface area contributed by atoms with E-state index in [0.29, 0.717) is 11.7 Å². The van der Waals surface area contributed by atoms with Gasteiger partial charge in [-0.15, -0.1) is 12.4 Å². The molecule has 0 atom stereocenters. The third-order valence-corrected chi connectivity index (χ3v) is 4.58. The van der Waals surface area contributed by atoms with E-state index >= 15 is 0 Å². The Morgan fingerprint density at radius 3 is 2.64 bits per heavy atom.